The molecule has 2 aliphatic heterocycles. The summed E-state index contributed by atoms with van der Waals surface area (Å²) in [5.74, 6) is 1.41. The molecule has 2 N–H and O–H groups in total. The maximum absolute atomic E-state index is 12.6. The van der Waals surface area contributed by atoms with Crippen LogP contribution in [0.3, 0.4) is 0 Å². The van der Waals surface area contributed by atoms with Gasteiger partial charge in [0.1, 0.15) is 0 Å². The first-order valence-electron chi connectivity index (χ1n) is 10.2. The number of carbonyl (C=O) groups is 1. The Morgan fingerprint density at radius 2 is 2.25 bits per heavy atom. The van der Waals surface area contributed by atoms with Crippen LogP contribution in [0.5, 0.6) is 0 Å². The van der Waals surface area contributed by atoms with Crippen LogP contribution >= 0.6 is 11.3 Å². The van der Waals surface area contributed by atoms with Crippen LogP contribution in [0.1, 0.15) is 24.3 Å². The van der Waals surface area contributed by atoms with E-state index in [9.17, 15) is 4.79 Å². The minimum absolute atomic E-state index is 0.108. The van der Waals surface area contributed by atoms with Gasteiger partial charge in [-0.2, -0.15) is 0 Å². The number of thiophene rings is 1. The molecule has 0 radical (unpaired) electrons. The van der Waals surface area contributed by atoms with E-state index in [1.807, 2.05) is 4.90 Å². The zero-order valence-electron chi connectivity index (χ0n) is 17.2. The molecule has 7 nitrogen and oxygen atoms in total. The van der Waals surface area contributed by atoms with Crippen molar-refractivity contribution in [3.8, 4) is 0 Å². The Bertz CT molecular complexity index is 675. The molecule has 1 fully saturated rings. The van der Waals surface area contributed by atoms with Gasteiger partial charge in [-0.1, -0.05) is 13.8 Å². The second-order valence-electron chi connectivity index (χ2n) is 7.89. The predicted octanol–water partition coefficient (Wildman–Crippen LogP) is 1.15. The smallest absolute Gasteiger partial charge is 0.242 e. The lowest BCUT2D eigenvalue weighted by atomic mass is 10.1. The highest BCUT2D eigenvalue weighted by Gasteiger charge is 2.23. The summed E-state index contributed by atoms with van der Waals surface area (Å²) in [6, 6.07) is 2.13. The lowest BCUT2D eigenvalue weighted by Crippen LogP contribution is -2.51. The van der Waals surface area contributed by atoms with Crippen molar-refractivity contribution in [2.75, 3.05) is 52.9 Å². The number of rotatable bonds is 6. The predicted molar refractivity (Wildman–Crippen MR) is 114 cm³/mol. The van der Waals surface area contributed by atoms with Crippen molar-refractivity contribution in [3.05, 3.63) is 21.9 Å². The minimum Gasteiger partial charge on any atom is -0.374 e. The van der Waals surface area contributed by atoms with Crippen molar-refractivity contribution in [2.24, 2.45) is 10.9 Å². The topological polar surface area (TPSA) is 69.2 Å². The van der Waals surface area contributed by atoms with Crippen molar-refractivity contribution in [1.29, 1.82) is 0 Å². The molecule has 0 spiro atoms. The molecule has 156 valence electrons. The quantitative estimate of drug-likeness (QED) is 0.547. The first kappa shape index (κ1) is 21.1. The molecule has 0 aliphatic carbocycles. The monoisotopic (exact) mass is 407 g/mol. The van der Waals surface area contributed by atoms with Crippen molar-refractivity contribution >= 4 is 23.2 Å². The molecule has 28 heavy (non-hydrogen) atoms. The molecule has 3 heterocycles. The van der Waals surface area contributed by atoms with Gasteiger partial charge in [-0.25, -0.2) is 0 Å². The fourth-order valence-corrected chi connectivity index (χ4v) is 4.64. The third-order valence-corrected chi connectivity index (χ3v) is 6.16. The van der Waals surface area contributed by atoms with Gasteiger partial charge in [0.05, 0.1) is 19.3 Å². The lowest BCUT2D eigenvalue weighted by Gasteiger charge is -2.34. The number of aliphatic imine (C=N–C) groups is 1. The zero-order chi connectivity index (χ0) is 19.9. The van der Waals surface area contributed by atoms with E-state index >= 15 is 0 Å². The molecule has 3 rings (SSSR count). The number of morpholine rings is 1. The van der Waals surface area contributed by atoms with E-state index < -0.39 is 0 Å². The van der Waals surface area contributed by atoms with E-state index in [1.165, 1.54) is 10.4 Å². The van der Waals surface area contributed by atoms with Gasteiger partial charge in [-0.3, -0.25) is 14.7 Å². The molecule has 1 aromatic heterocycles. The average molecular weight is 408 g/mol. The Labute approximate surface area is 172 Å². The fraction of sp³-hybridized carbons (Fsp3) is 0.700. The number of guanidine groups is 1. The summed E-state index contributed by atoms with van der Waals surface area (Å²) in [5.41, 5.74) is 1.28. The van der Waals surface area contributed by atoms with Crippen molar-refractivity contribution in [1.82, 2.24) is 20.4 Å². The van der Waals surface area contributed by atoms with E-state index in [4.69, 9.17) is 4.74 Å². The zero-order valence-corrected chi connectivity index (χ0v) is 18.1. The number of hydrogen-bond acceptors (Lipinski definition) is 5. The lowest BCUT2D eigenvalue weighted by molar-refractivity contribution is -0.130. The Kier molecular flexibility index (Phi) is 7.70. The second-order valence-corrected chi connectivity index (χ2v) is 8.89. The summed E-state index contributed by atoms with van der Waals surface area (Å²) >= 11 is 1.79. The van der Waals surface area contributed by atoms with E-state index in [0.29, 0.717) is 25.0 Å². The van der Waals surface area contributed by atoms with Crippen LogP contribution in [0.2, 0.25) is 0 Å². The summed E-state index contributed by atoms with van der Waals surface area (Å²) in [5, 5.41) is 8.56. The number of carbonyl (C=O) groups excluding carboxylic acids is 1. The van der Waals surface area contributed by atoms with E-state index in [2.05, 4.69) is 45.8 Å². The van der Waals surface area contributed by atoms with E-state index in [-0.39, 0.29) is 18.6 Å². The number of fused-ring (bicyclic) bond motifs is 1. The summed E-state index contributed by atoms with van der Waals surface area (Å²) in [6.07, 6.45) is 1.10. The van der Waals surface area contributed by atoms with Crippen LogP contribution in [0.15, 0.2) is 16.4 Å². The van der Waals surface area contributed by atoms with Crippen LogP contribution in [0.4, 0.5) is 0 Å². The molecule has 0 saturated carbocycles. The number of hydrogen-bond donors (Lipinski definition) is 2. The first-order valence-corrected chi connectivity index (χ1v) is 11.0. The van der Waals surface area contributed by atoms with Gasteiger partial charge in [-0.05, 0) is 29.3 Å². The van der Waals surface area contributed by atoms with Gasteiger partial charge in [0.25, 0.3) is 0 Å². The van der Waals surface area contributed by atoms with Gasteiger partial charge in [0, 0.05) is 51.2 Å². The standard InChI is InChI=1S/C20H33N5O2S/c1-15(2)12-24-7-8-27-17(14-24)10-22-20(21-3)23-11-19(26)25-6-4-18-16(13-25)5-9-28-18/h5,9,15,17H,4,6-8,10-14H2,1-3H3,(H2,21,22,23). The number of nitrogens with zero attached hydrogens (tertiary/aromatic N) is 3. The summed E-state index contributed by atoms with van der Waals surface area (Å²) in [6.45, 7) is 10.7. The van der Waals surface area contributed by atoms with Crippen LogP contribution < -0.4 is 10.6 Å². The van der Waals surface area contributed by atoms with Crippen LogP contribution in [0.25, 0.3) is 0 Å². The Morgan fingerprint density at radius 1 is 1.39 bits per heavy atom. The molecule has 0 aromatic carbocycles. The fourth-order valence-electron chi connectivity index (χ4n) is 3.75. The molecular weight excluding hydrogens is 374 g/mol. The molecule has 1 unspecified atom stereocenters. The molecule has 1 atom stereocenters. The van der Waals surface area contributed by atoms with E-state index in [0.717, 1.165) is 39.2 Å². The highest BCUT2D eigenvalue weighted by Crippen LogP contribution is 2.23. The summed E-state index contributed by atoms with van der Waals surface area (Å²) in [4.78, 5) is 22.6. The van der Waals surface area contributed by atoms with Crippen LogP contribution in [-0.2, 0) is 22.5 Å². The van der Waals surface area contributed by atoms with Crippen LogP contribution in [0, 0.1) is 5.92 Å². The van der Waals surface area contributed by atoms with Crippen molar-refractivity contribution in [2.45, 2.75) is 32.9 Å². The number of amides is 1. The third kappa shape index (κ3) is 5.93. The summed E-state index contributed by atoms with van der Waals surface area (Å²) < 4.78 is 5.87. The average Bonchev–Trinajstić information content (AvgIpc) is 3.15. The van der Waals surface area contributed by atoms with Crippen molar-refractivity contribution in [3.63, 3.8) is 0 Å². The Morgan fingerprint density at radius 3 is 3.04 bits per heavy atom. The SMILES string of the molecule is CN=C(NCC(=O)N1CCc2sccc2C1)NCC1CN(CC(C)C)CCO1. The number of nitrogens with one attached hydrogen (secondary N) is 2. The number of ether oxygens (including phenoxy) is 1. The highest BCUT2D eigenvalue weighted by molar-refractivity contribution is 7.10. The Hall–Kier alpha value is -1.64. The molecular formula is C20H33N5O2S. The molecule has 1 saturated heterocycles. The molecule has 1 amide bonds. The third-order valence-electron chi connectivity index (χ3n) is 5.13. The Balaban J connectivity index is 1.39. The molecule has 8 heteroatoms. The van der Waals surface area contributed by atoms with Gasteiger partial charge in [-0.15, -0.1) is 11.3 Å². The first-order chi connectivity index (χ1) is 13.5. The van der Waals surface area contributed by atoms with E-state index in [1.54, 1.807) is 18.4 Å². The van der Waals surface area contributed by atoms with Gasteiger partial charge in [0.15, 0.2) is 5.96 Å². The highest BCUT2D eigenvalue weighted by atomic mass is 32.1. The van der Waals surface area contributed by atoms with Crippen LogP contribution in [-0.4, -0.2) is 80.7 Å². The van der Waals surface area contributed by atoms with Gasteiger partial charge in [0.2, 0.25) is 5.91 Å². The van der Waals surface area contributed by atoms with Gasteiger partial charge >= 0.3 is 0 Å². The largest absolute Gasteiger partial charge is 0.374 e. The van der Waals surface area contributed by atoms with Gasteiger partial charge < -0.3 is 20.3 Å². The molecule has 1 aromatic rings. The summed E-state index contributed by atoms with van der Waals surface area (Å²) in [7, 11) is 1.73. The minimum atomic E-state index is 0.108. The maximum atomic E-state index is 12.6. The normalized spacial score (nSPS) is 20.9. The van der Waals surface area contributed by atoms with Crippen molar-refractivity contribution < 1.29 is 9.53 Å². The second kappa shape index (κ2) is 10.2. The molecule has 0 bridgehead atoms. The molecule has 2 aliphatic rings. The maximum Gasteiger partial charge on any atom is 0.242 e.